The number of nitrogens with one attached hydrogen (secondary N) is 4. The number of urea groups is 1. The first-order chi connectivity index (χ1) is 29.0. The van der Waals surface area contributed by atoms with E-state index in [4.69, 9.17) is 19.9 Å². The number of rotatable bonds is 18. The average molecular weight is 861 g/mol. The molecule has 2 unspecified atom stereocenters. The number of nitrogens with zero attached hydrogens (tertiary/aromatic N) is 1. The third kappa shape index (κ3) is 12.7. The maximum absolute atomic E-state index is 13.7. The van der Waals surface area contributed by atoms with E-state index < -0.39 is 75.5 Å². The van der Waals surface area contributed by atoms with Crippen LogP contribution in [0, 0.1) is 16.0 Å². The van der Waals surface area contributed by atoms with Gasteiger partial charge in [0.05, 0.1) is 4.92 Å². The summed E-state index contributed by atoms with van der Waals surface area (Å²) in [6.07, 6.45) is -1.92. The van der Waals surface area contributed by atoms with Gasteiger partial charge in [0.15, 0.2) is 0 Å². The molecule has 5 rings (SSSR count). The minimum absolute atomic E-state index is 0.000930. The lowest BCUT2D eigenvalue weighted by Gasteiger charge is -2.25. The van der Waals surface area contributed by atoms with E-state index in [2.05, 4.69) is 21.3 Å². The third-order valence-corrected chi connectivity index (χ3v) is 10.2. The Morgan fingerprint density at radius 3 is 2.08 bits per heavy atom. The van der Waals surface area contributed by atoms with E-state index in [9.17, 15) is 47.1 Å². The Kier molecular flexibility index (Phi) is 15.0. The predicted molar refractivity (Wildman–Crippen MR) is 220 cm³/mol. The number of hydrogen-bond donors (Lipinski definition) is 6. The summed E-state index contributed by atoms with van der Waals surface area (Å²) in [5.74, 6) is -3.17. The van der Waals surface area contributed by atoms with Gasteiger partial charge in [-0.15, -0.1) is 0 Å². The zero-order chi connectivity index (χ0) is 44.3. The molecule has 0 saturated carbocycles. The minimum atomic E-state index is -4.65. The van der Waals surface area contributed by atoms with Crippen LogP contribution >= 0.6 is 0 Å². The third-order valence-electron chi connectivity index (χ3n) is 9.57. The van der Waals surface area contributed by atoms with E-state index in [1.807, 2.05) is 48.5 Å². The zero-order valence-electron chi connectivity index (χ0n) is 33.0. The fraction of sp³-hybridized carbons (Fsp3) is 0.293. The van der Waals surface area contributed by atoms with Crippen molar-refractivity contribution in [2.45, 2.75) is 57.1 Å². The lowest BCUT2D eigenvalue weighted by Crippen LogP contribution is -2.54. The van der Waals surface area contributed by atoms with Gasteiger partial charge in [0.2, 0.25) is 11.8 Å². The second-order valence-corrected chi connectivity index (χ2v) is 15.7. The van der Waals surface area contributed by atoms with Crippen LogP contribution in [-0.4, -0.2) is 73.2 Å². The maximum atomic E-state index is 13.7. The molecule has 0 aromatic heterocycles. The first-order valence-electron chi connectivity index (χ1n) is 18.9. The molecule has 322 valence electrons. The zero-order valence-corrected chi connectivity index (χ0v) is 33.8. The number of nitro benzene ring substituents is 1. The highest BCUT2D eigenvalue weighted by Gasteiger charge is 2.32. The van der Waals surface area contributed by atoms with Gasteiger partial charge in [0.25, 0.3) is 15.8 Å². The van der Waals surface area contributed by atoms with Gasteiger partial charge >= 0.3 is 18.3 Å². The molecule has 0 saturated heterocycles. The molecule has 61 heavy (non-hydrogen) atoms. The minimum Gasteiger partial charge on any atom is -0.449 e. The van der Waals surface area contributed by atoms with Crippen molar-refractivity contribution in [1.82, 2.24) is 16.0 Å². The lowest BCUT2D eigenvalue weighted by atomic mass is 9.98. The van der Waals surface area contributed by atoms with Gasteiger partial charge in [-0.2, -0.15) is 8.42 Å². The normalized spacial score (nSPS) is 12.9. The fourth-order valence-corrected chi connectivity index (χ4v) is 7.31. The summed E-state index contributed by atoms with van der Waals surface area (Å²) in [6.45, 7) is 2.90. The van der Waals surface area contributed by atoms with E-state index in [1.54, 1.807) is 13.8 Å². The van der Waals surface area contributed by atoms with Crippen LogP contribution in [0.15, 0.2) is 91.0 Å². The second-order valence-electron chi connectivity index (χ2n) is 14.3. The van der Waals surface area contributed by atoms with Crippen molar-refractivity contribution in [3.05, 3.63) is 123 Å². The fourth-order valence-electron chi connectivity index (χ4n) is 6.65. The van der Waals surface area contributed by atoms with Crippen LogP contribution in [-0.2, 0) is 41.5 Å². The first-order valence-corrected chi connectivity index (χ1v) is 20.5. The predicted octanol–water partition coefficient (Wildman–Crippen LogP) is 5.13. The Morgan fingerprint density at radius 1 is 0.852 bits per heavy atom. The molecule has 0 fully saturated rings. The summed E-state index contributed by atoms with van der Waals surface area (Å²) in [5, 5.41) is 21.2. The summed E-state index contributed by atoms with van der Waals surface area (Å²) >= 11 is 0. The molecule has 7 N–H and O–H groups in total. The number of nitrogens with two attached hydrogens (primary N) is 1. The van der Waals surface area contributed by atoms with Gasteiger partial charge in [-0.25, -0.2) is 14.4 Å². The molecule has 0 aliphatic heterocycles. The Bertz CT molecular complexity index is 2350. The van der Waals surface area contributed by atoms with Gasteiger partial charge in [0, 0.05) is 30.3 Å². The molecule has 5 amide bonds. The Balaban J connectivity index is 1.25. The highest BCUT2D eigenvalue weighted by molar-refractivity contribution is 7.85. The molecule has 1 aliphatic carbocycles. The summed E-state index contributed by atoms with van der Waals surface area (Å²) in [4.78, 5) is 74.5. The molecule has 1 aliphatic rings. The van der Waals surface area contributed by atoms with E-state index in [1.165, 1.54) is 30.3 Å². The molecular weight excluding hydrogens is 817 g/mol. The van der Waals surface area contributed by atoms with Crippen molar-refractivity contribution in [3.8, 4) is 16.9 Å². The number of primary amides is 1. The van der Waals surface area contributed by atoms with Crippen LogP contribution in [0.4, 0.5) is 25.8 Å². The smallest absolute Gasteiger partial charge is 0.449 e. The number of hydrogen-bond acceptors (Lipinski definition) is 12. The number of carbonyl (C=O) groups is 5. The van der Waals surface area contributed by atoms with Crippen molar-refractivity contribution >= 4 is 51.6 Å². The number of amides is 5. The quantitative estimate of drug-likeness (QED) is 0.0189. The summed E-state index contributed by atoms with van der Waals surface area (Å²) in [6, 6.07) is 20.9. The van der Waals surface area contributed by atoms with E-state index in [-0.39, 0.29) is 60.2 Å². The van der Waals surface area contributed by atoms with E-state index in [0.29, 0.717) is 0 Å². The molecule has 0 radical (unpaired) electrons. The number of anilines is 1. The topological polar surface area (TPSA) is 285 Å². The van der Waals surface area contributed by atoms with Crippen LogP contribution in [0.25, 0.3) is 11.1 Å². The van der Waals surface area contributed by atoms with Gasteiger partial charge < -0.3 is 41.2 Å². The van der Waals surface area contributed by atoms with E-state index in [0.717, 1.165) is 34.4 Å². The number of benzene rings is 4. The summed E-state index contributed by atoms with van der Waals surface area (Å²) in [5.41, 5.74) is 9.11. The Morgan fingerprint density at radius 2 is 1.49 bits per heavy atom. The molecule has 4 aromatic rings. The molecule has 4 aromatic carbocycles. The van der Waals surface area contributed by atoms with Crippen molar-refractivity contribution < 1.29 is 56.1 Å². The number of non-ortho nitro benzene ring substituents is 1. The van der Waals surface area contributed by atoms with Crippen LogP contribution < -0.4 is 31.7 Å². The molecule has 19 nitrogen and oxygen atoms in total. The van der Waals surface area contributed by atoms with Crippen molar-refractivity contribution in [2.75, 3.05) is 18.5 Å². The molecule has 20 heteroatoms. The molecule has 0 heterocycles. The number of nitro groups is 1. The second kappa shape index (κ2) is 20.3. The molecule has 2 atom stereocenters. The number of fused-ring (bicyclic) bond motifs is 3. The number of alkyl carbamates (subject to hydrolysis) is 1. The van der Waals surface area contributed by atoms with Crippen molar-refractivity contribution in [3.63, 3.8) is 0 Å². The van der Waals surface area contributed by atoms with Gasteiger partial charge in [-0.05, 0) is 76.4 Å². The SMILES string of the molecule is CC(C)C(NC(=O)OCC1c2ccccc2-c2ccccc21)C(=O)NC(CCCNC(N)=O)C(=O)Nc1ccc(COC(=O)Oc2ccc([N+](=O)[O-])cc2)c(CS(=O)(=O)O)c1. The molecular formula is C41H44N6O13S. The van der Waals surface area contributed by atoms with Crippen LogP contribution in [0.5, 0.6) is 5.75 Å². The maximum Gasteiger partial charge on any atom is 0.514 e. The lowest BCUT2D eigenvalue weighted by molar-refractivity contribution is -0.384. The van der Waals surface area contributed by atoms with Crippen molar-refractivity contribution in [2.24, 2.45) is 11.7 Å². The van der Waals surface area contributed by atoms with Crippen LogP contribution in [0.1, 0.15) is 54.9 Å². The van der Waals surface area contributed by atoms with Gasteiger partial charge in [-0.3, -0.25) is 24.3 Å². The number of carbonyl (C=O) groups excluding carboxylic acids is 5. The standard InChI is InChI=1S/C41H44N6O13S/c1-24(2)36(46-40(51)58-22-34-32-10-5-3-8-30(32)31-9-4-6-11-33(31)34)38(49)45-35(12-7-19-43-39(42)50)37(48)44-27-14-13-25(26(20-27)23-61(55,56)57)21-59-41(52)60-29-17-15-28(16-18-29)47(53)54/h3-6,8-11,13-18,20,24,34-36H,7,12,19,21-23H2,1-2H3,(H,44,48)(H,45,49)(H,46,51)(H3,42,43,50)(H,55,56,57). The largest absolute Gasteiger partial charge is 0.514 e. The Hall–Kier alpha value is -7.06. The van der Waals surface area contributed by atoms with Gasteiger partial charge in [0.1, 0.15) is 36.8 Å². The monoisotopic (exact) mass is 860 g/mol. The highest BCUT2D eigenvalue weighted by atomic mass is 32.2. The van der Waals surface area contributed by atoms with Crippen LogP contribution in [0.3, 0.4) is 0 Å². The summed E-state index contributed by atoms with van der Waals surface area (Å²) in [7, 11) is -4.65. The van der Waals surface area contributed by atoms with Gasteiger partial charge in [-0.1, -0.05) is 68.4 Å². The number of ether oxygens (including phenoxy) is 3. The Labute approximate surface area is 350 Å². The average Bonchev–Trinajstić information content (AvgIpc) is 3.52. The highest BCUT2D eigenvalue weighted by Crippen LogP contribution is 2.44. The van der Waals surface area contributed by atoms with Crippen LogP contribution in [0.2, 0.25) is 0 Å². The molecule has 0 spiro atoms. The first kappa shape index (κ1) is 45.0. The summed E-state index contributed by atoms with van der Waals surface area (Å²) < 4.78 is 49.3. The molecule has 0 bridgehead atoms. The van der Waals surface area contributed by atoms with E-state index >= 15 is 0 Å². The van der Waals surface area contributed by atoms with Crippen molar-refractivity contribution in [1.29, 1.82) is 0 Å².